The predicted octanol–water partition coefficient (Wildman–Crippen LogP) is -0.0469. The number of hydrogen-bond acceptors (Lipinski definition) is 5. The van der Waals surface area contributed by atoms with E-state index in [2.05, 4.69) is 4.98 Å². The molecule has 0 saturated carbocycles. The molecule has 6 nitrogen and oxygen atoms in total. The molecule has 0 unspecified atom stereocenters. The lowest BCUT2D eigenvalue weighted by Crippen LogP contribution is -2.29. The fraction of sp³-hybridized carbons (Fsp3) is 0. The summed E-state index contributed by atoms with van der Waals surface area (Å²) in [5.74, 6) is 0. The molecule has 0 aliphatic heterocycles. The van der Waals surface area contributed by atoms with Crippen molar-refractivity contribution in [3.05, 3.63) is 54.9 Å². The van der Waals surface area contributed by atoms with Crippen LogP contribution >= 0.6 is 0 Å². The van der Waals surface area contributed by atoms with Crippen LogP contribution in [-0.4, -0.2) is 34.5 Å². The lowest BCUT2D eigenvalue weighted by molar-refractivity contribution is 0.426. The summed E-state index contributed by atoms with van der Waals surface area (Å²) in [6, 6.07) is 11.1. The van der Waals surface area contributed by atoms with Gasteiger partial charge in [-0.05, 0) is 24.3 Å². The van der Waals surface area contributed by atoms with Gasteiger partial charge in [0.15, 0.2) is 0 Å². The largest absolute Gasteiger partial charge is 0.492 e. The summed E-state index contributed by atoms with van der Waals surface area (Å²) in [4.78, 5) is 4.14. The van der Waals surface area contributed by atoms with Crippen molar-refractivity contribution >= 4 is 33.6 Å². The summed E-state index contributed by atoms with van der Waals surface area (Å²) in [6.07, 6.45) is 2.65. The van der Waals surface area contributed by atoms with E-state index in [9.17, 15) is 18.5 Å². The molecule has 8 heteroatoms. The van der Waals surface area contributed by atoms with E-state index < -0.39 is 17.1 Å². The first-order chi connectivity index (χ1) is 10.0. The smallest absolute Gasteiger partial charge is 0.423 e. The summed E-state index contributed by atoms with van der Waals surface area (Å²) in [5, 5.41) is 18.8. The Kier molecular flexibility index (Phi) is 3.28. The Hall–Kier alpha value is -2.16. The summed E-state index contributed by atoms with van der Waals surface area (Å²) in [7, 11) is -5.62. The van der Waals surface area contributed by atoms with Gasteiger partial charge in [0.05, 0.1) is 15.9 Å². The molecule has 2 aromatic heterocycles. The topological polar surface area (TPSA) is 92.4 Å². The second-order valence-electron chi connectivity index (χ2n) is 4.44. The van der Waals surface area contributed by atoms with Crippen molar-refractivity contribution < 1.29 is 18.5 Å². The molecule has 0 aliphatic rings. The number of benzene rings is 1. The van der Waals surface area contributed by atoms with Crippen LogP contribution in [0.4, 0.5) is 0 Å². The fourth-order valence-corrected chi connectivity index (χ4v) is 3.53. The second-order valence-corrected chi connectivity index (χ2v) is 6.26. The minimum absolute atomic E-state index is 0.0464. The van der Waals surface area contributed by atoms with E-state index in [4.69, 9.17) is 0 Å². The van der Waals surface area contributed by atoms with Crippen molar-refractivity contribution in [3.8, 4) is 0 Å². The summed E-state index contributed by atoms with van der Waals surface area (Å²) in [5.41, 5.74) is 0.585. The minimum atomic E-state index is -3.82. The van der Waals surface area contributed by atoms with Crippen LogP contribution in [0.3, 0.4) is 0 Å². The highest BCUT2D eigenvalue weighted by atomic mass is 32.2. The molecular formula is C13H11BN2O4S. The summed E-state index contributed by atoms with van der Waals surface area (Å²) < 4.78 is 26.3. The van der Waals surface area contributed by atoms with Crippen molar-refractivity contribution in [1.82, 2.24) is 8.96 Å². The standard InChI is InChI=1S/C13H11BN2O4S/c17-14(18)11-9-16(12-7-4-8-15-13(11)12)21(19,20)10-5-2-1-3-6-10/h1-9,17-18H. The maximum atomic E-state index is 12.7. The van der Waals surface area contributed by atoms with E-state index in [1.54, 1.807) is 30.3 Å². The van der Waals surface area contributed by atoms with Gasteiger partial charge in [-0.2, -0.15) is 0 Å². The predicted molar refractivity (Wildman–Crippen MR) is 78.6 cm³/mol. The van der Waals surface area contributed by atoms with Gasteiger partial charge in [-0.1, -0.05) is 18.2 Å². The van der Waals surface area contributed by atoms with Crippen molar-refractivity contribution in [2.45, 2.75) is 4.90 Å². The van der Waals surface area contributed by atoms with Crippen LogP contribution in [0.2, 0.25) is 0 Å². The number of rotatable bonds is 3. The average molecular weight is 302 g/mol. The van der Waals surface area contributed by atoms with Crippen LogP contribution in [0, 0.1) is 0 Å². The first kappa shape index (κ1) is 13.8. The van der Waals surface area contributed by atoms with Gasteiger partial charge in [-0.25, -0.2) is 12.4 Å². The molecule has 0 saturated heterocycles. The molecule has 2 N–H and O–H groups in total. The number of aromatic nitrogens is 2. The quantitative estimate of drug-likeness (QED) is 0.662. The maximum absolute atomic E-state index is 12.7. The van der Waals surface area contributed by atoms with Crippen LogP contribution < -0.4 is 5.46 Å². The van der Waals surface area contributed by atoms with Gasteiger partial charge in [0.25, 0.3) is 10.0 Å². The lowest BCUT2D eigenvalue weighted by atomic mass is 9.82. The Morgan fingerprint density at radius 2 is 1.76 bits per heavy atom. The van der Waals surface area contributed by atoms with E-state index in [0.717, 1.165) is 3.97 Å². The van der Waals surface area contributed by atoms with Gasteiger partial charge >= 0.3 is 7.12 Å². The number of fused-ring (bicyclic) bond motifs is 1. The van der Waals surface area contributed by atoms with E-state index in [0.29, 0.717) is 5.52 Å². The van der Waals surface area contributed by atoms with Crippen LogP contribution in [0.25, 0.3) is 11.0 Å². The molecule has 0 fully saturated rings. The molecule has 3 aromatic rings. The van der Waals surface area contributed by atoms with E-state index in [-0.39, 0.29) is 15.9 Å². The maximum Gasteiger partial charge on any atom is 0.492 e. The molecule has 106 valence electrons. The second kappa shape index (κ2) is 4.99. The van der Waals surface area contributed by atoms with Gasteiger partial charge in [0, 0.05) is 17.9 Å². The first-order valence-electron chi connectivity index (χ1n) is 6.14. The molecule has 0 bridgehead atoms. The third-order valence-corrected chi connectivity index (χ3v) is 4.82. The highest BCUT2D eigenvalue weighted by Crippen LogP contribution is 2.19. The Morgan fingerprint density at radius 3 is 2.43 bits per heavy atom. The van der Waals surface area contributed by atoms with Gasteiger partial charge in [-0.15, -0.1) is 0 Å². The number of pyridine rings is 1. The lowest BCUT2D eigenvalue weighted by Gasteiger charge is -2.06. The zero-order valence-electron chi connectivity index (χ0n) is 10.8. The molecule has 2 heterocycles. The van der Waals surface area contributed by atoms with Crippen LogP contribution in [0.5, 0.6) is 0 Å². The van der Waals surface area contributed by atoms with Crippen molar-refractivity contribution in [3.63, 3.8) is 0 Å². The van der Waals surface area contributed by atoms with Crippen LogP contribution in [0.15, 0.2) is 59.8 Å². The van der Waals surface area contributed by atoms with E-state index >= 15 is 0 Å². The van der Waals surface area contributed by atoms with Crippen molar-refractivity contribution in [1.29, 1.82) is 0 Å². The Balaban J connectivity index is 2.31. The van der Waals surface area contributed by atoms with Crippen molar-refractivity contribution in [2.75, 3.05) is 0 Å². The summed E-state index contributed by atoms with van der Waals surface area (Å²) >= 11 is 0. The van der Waals surface area contributed by atoms with E-state index in [1.165, 1.54) is 24.5 Å². The molecular weight excluding hydrogens is 291 g/mol. The fourth-order valence-electron chi connectivity index (χ4n) is 2.15. The minimum Gasteiger partial charge on any atom is -0.423 e. The van der Waals surface area contributed by atoms with Crippen LogP contribution in [0.1, 0.15) is 0 Å². The monoisotopic (exact) mass is 302 g/mol. The molecule has 21 heavy (non-hydrogen) atoms. The van der Waals surface area contributed by atoms with Gasteiger partial charge in [0.1, 0.15) is 0 Å². The number of hydrogen-bond donors (Lipinski definition) is 2. The Labute approximate surface area is 121 Å². The molecule has 0 spiro atoms. The highest BCUT2D eigenvalue weighted by Gasteiger charge is 2.25. The van der Waals surface area contributed by atoms with Crippen LogP contribution in [-0.2, 0) is 10.0 Å². The molecule has 3 rings (SSSR count). The molecule has 0 amide bonds. The Morgan fingerprint density at radius 1 is 1.05 bits per heavy atom. The van der Waals surface area contributed by atoms with Gasteiger partial charge in [-0.3, -0.25) is 4.98 Å². The van der Waals surface area contributed by atoms with Gasteiger partial charge < -0.3 is 10.0 Å². The third-order valence-electron chi connectivity index (χ3n) is 3.13. The molecule has 0 aliphatic carbocycles. The average Bonchev–Trinajstić information content (AvgIpc) is 2.88. The number of nitrogens with zero attached hydrogens (tertiary/aromatic N) is 2. The molecule has 0 atom stereocenters. The molecule has 1 aromatic carbocycles. The molecule has 0 radical (unpaired) electrons. The zero-order valence-corrected chi connectivity index (χ0v) is 11.6. The normalized spacial score (nSPS) is 11.7. The van der Waals surface area contributed by atoms with E-state index in [1.807, 2.05) is 0 Å². The van der Waals surface area contributed by atoms with Crippen molar-refractivity contribution in [2.24, 2.45) is 0 Å². The zero-order chi connectivity index (χ0) is 15.0. The first-order valence-corrected chi connectivity index (χ1v) is 7.58. The highest BCUT2D eigenvalue weighted by molar-refractivity contribution is 7.90. The third kappa shape index (κ3) is 2.23. The van der Waals surface area contributed by atoms with Gasteiger partial charge in [0.2, 0.25) is 0 Å². The SMILES string of the molecule is O=S(=O)(c1ccccc1)n1cc(B(O)O)c2ncccc21. The Bertz CT molecular complexity index is 891. The summed E-state index contributed by atoms with van der Waals surface area (Å²) in [6.45, 7) is 0.